The summed E-state index contributed by atoms with van der Waals surface area (Å²) >= 11 is 0. The van der Waals surface area contributed by atoms with E-state index in [2.05, 4.69) is 5.32 Å². The van der Waals surface area contributed by atoms with Gasteiger partial charge in [-0.05, 0) is 32.0 Å². The van der Waals surface area contributed by atoms with Crippen molar-refractivity contribution in [2.75, 3.05) is 5.32 Å². The number of anilines is 1. The fraction of sp³-hybridized carbons (Fsp3) is 0.160. The molecule has 0 aliphatic heterocycles. The lowest BCUT2D eigenvalue weighted by atomic mass is 9.98. The van der Waals surface area contributed by atoms with Gasteiger partial charge in [0.15, 0.2) is 11.9 Å². The number of para-hydroxylation sites is 1. The standard InChI is InChI=1S/C25H20F3NO4/c1-15-11-13-17(14-12-15)22(30)18-7-3-4-8-19(18)24(32)33-16(2)23(31)29-21-10-6-5-9-20(21)25(26,27)28/h3-14,16H,1-2H3,(H,29,31). The lowest BCUT2D eigenvalue weighted by Gasteiger charge is -2.17. The van der Waals surface area contributed by atoms with Crippen LogP contribution in [0.5, 0.6) is 0 Å². The van der Waals surface area contributed by atoms with Gasteiger partial charge in [-0.15, -0.1) is 0 Å². The molecule has 3 rings (SSSR count). The Bertz CT molecular complexity index is 1190. The smallest absolute Gasteiger partial charge is 0.418 e. The first-order valence-corrected chi connectivity index (χ1v) is 9.96. The van der Waals surface area contributed by atoms with Crippen molar-refractivity contribution in [3.05, 3.63) is 101 Å². The van der Waals surface area contributed by atoms with Crippen LogP contribution in [0.4, 0.5) is 18.9 Å². The normalized spacial score (nSPS) is 12.0. The Labute approximate surface area is 188 Å². The minimum absolute atomic E-state index is 0.0570. The summed E-state index contributed by atoms with van der Waals surface area (Å²) in [6.07, 6.45) is -6.08. The van der Waals surface area contributed by atoms with Gasteiger partial charge >= 0.3 is 12.1 Å². The third-order valence-corrected chi connectivity index (χ3v) is 4.85. The zero-order chi connectivity index (χ0) is 24.2. The van der Waals surface area contributed by atoms with Crippen molar-refractivity contribution < 1.29 is 32.3 Å². The molecule has 3 aromatic rings. The van der Waals surface area contributed by atoms with E-state index >= 15 is 0 Å². The number of benzene rings is 3. The van der Waals surface area contributed by atoms with Crippen LogP contribution in [0.25, 0.3) is 0 Å². The first-order chi connectivity index (χ1) is 15.6. The van der Waals surface area contributed by atoms with Gasteiger partial charge in [0, 0.05) is 11.1 Å². The van der Waals surface area contributed by atoms with Gasteiger partial charge in [0.25, 0.3) is 5.91 Å². The number of amides is 1. The highest BCUT2D eigenvalue weighted by atomic mass is 19.4. The molecule has 0 aliphatic rings. The third kappa shape index (κ3) is 5.65. The summed E-state index contributed by atoms with van der Waals surface area (Å²) in [5.41, 5.74) is -0.111. The van der Waals surface area contributed by atoms with Crippen LogP contribution < -0.4 is 5.32 Å². The highest BCUT2D eigenvalue weighted by Crippen LogP contribution is 2.34. The van der Waals surface area contributed by atoms with Crippen LogP contribution in [-0.2, 0) is 15.7 Å². The molecule has 0 bridgehead atoms. The van der Waals surface area contributed by atoms with Crippen molar-refractivity contribution in [1.29, 1.82) is 0 Å². The molecular formula is C25H20F3NO4. The number of ether oxygens (including phenoxy) is 1. The number of carbonyl (C=O) groups is 3. The Hall–Kier alpha value is -3.94. The second-order valence-electron chi connectivity index (χ2n) is 7.32. The molecule has 0 saturated heterocycles. The maximum atomic E-state index is 13.1. The molecule has 33 heavy (non-hydrogen) atoms. The molecule has 0 heterocycles. The van der Waals surface area contributed by atoms with Gasteiger partial charge in [0.2, 0.25) is 0 Å². The Morgan fingerprint density at radius 3 is 2.06 bits per heavy atom. The van der Waals surface area contributed by atoms with Crippen LogP contribution in [0, 0.1) is 6.92 Å². The molecule has 0 aliphatic carbocycles. The van der Waals surface area contributed by atoms with E-state index < -0.39 is 41.2 Å². The third-order valence-electron chi connectivity index (χ3n) is 4.85. The molecule has 3 aromatic carbocycles. The van der Waals surface area contributed by atoms with Crippen molar-refractivity contribution in [3.8, 4) is 0 Å². The number of halogens is 3. The lowest BCUT2D eigenvalue weighted by Crippen LogP contribution is -2.31. The Balaban J connectivity index is 1.76. The number of ketones is 1. The molecule has 1 atom stereocenters. The summed E-state index contributed by atoms with van der Waals surface area (Å²) in [6.45, 7) is 3.10. The molecule has 170 valence electrons. The summed E-state index contributed by atoms with van der Waals surface area (Å²) in [5, 5.41) is 2.14. The maximum absolute atomic E-state index is 13.1. The number of rotatable bonds is 6. The van der Waals surface area contributed by atoms with Crippen LogP contribution in [0.15, 0.2) is 72.8 Å². The van der Waals surface area contributed by atoms with Crippen LogP contribution >= 0.6 is 0 Å². The molecule has 0 aromatic heterocycles. The first kappa shape index (κ1) is 23.7. The second kappa shape index (κ2) is 9.68. The van der Waals surface area contributed by atoms with E-state index in [1.54, 1.807) is 30.3 Å². The monoisotopic (exact) mass is 455 g/mol. The summed E-state index contributed by atoms with van der Waals surface area (Å²) in [7, 11) is 0. The summed E-state index contributed by atoms with van der Waals surface area (Å²) in [6, 6.07) is 17.2. The average Bonchev–Trinajstić information content (AvgIpc) is 2.78. The first-order valence-electron chi connectivity index (χ1n) is 9.96. The van der Waals surface area contributed by atoms with Crippen LogP contribution in [0.2, 0.25) is 0 Å². The van der Waals surface area contributed by atoms with Crippen molar-refractivity contribution in [3.63, 3.8) is 0 Å². The number of aryl methyl sites for hydroxylation is 1. The van der Waals surface area contributed by atoms with E-state index in [9.17, 15) is 27.6 Å². The van der Waals surface area contributed by atoms with Crippen LogP contribution in [0.1, 0.15) is 44.3 Å². The van der Waals surface area contributed by atoms with Gasteiger partial charge in [0.05, 0.1) is 16.8 Å². The van der Waals surface area contributed by atoms with Gasteiger partial charge in [-0.2, -0.15) is 13.2 Å². The van der Waals surface area contributed by atoms with Crippen molar-refractivity contribution >= 4 is 23.3 Å². The zero-order valence-electron chi connectivity index (χ0n) is 17.8. The molecule has 1 N–H and O–H groups in total. The topological polar surface area (TPSA) is 72.5 Å². The molecule has 1 unspecified atom stereocenters. The van der Waals surface area contributed by atoms with E-state index in [-0.39, 0.29) is 11.1 Å². The Morgan fingerprint density at radius 1 is 0.848 bits per heavy atom. The van der Waals surface area contributed by atoms with Crippen molar-refractivity contribution in [1.82, 2.24) is 0 Å². The number of hydrogen-bond acceptors (Lipinski definition) is 4. The molecule has 5 nitrogen and oxygen atoms in total. The van der Waals surface area contributed by atoms with Crippen LogP contribution in [0.3, 0.4) is 0 Å². The average molecular weight is 455 g/mol. The van der Waals surface area contributed by atoms with E-state index in [0.29, 0.717) is 5.56 Å². The molecular weight excluding hydrogens is 435 g/mol. The number of hydrogen-bond donors (Lipinski definition) is 1. The predicted octanol–water partition coefficient (Wildman–Crippen LogP) is 5.43. The minimum Gasteiger partial charge on any atom is -0.449 e. The quantitative estimate of drug-likeness (QED) is 0.398. The highest BCUT2D eigenvalue weighted by Gasteiger charge is 2.34. The van der Waals surface area contributed by atoms with E-state index in [4.69, 9.17) is 4.74 Å². The predicted molar refractivity (Wildman–Crippen MR) is 116 cm³/mol. The molecule has 8 heteroatoms. The largest absolute Gasteiger partial charge is 0.449 e. The SMILES string of the molecule is Cc1ccc(C(=O)c2ccccc2C(=O)OC(C)C(=O)Nc2ccccc2C(F)(F)F)cc1. The molecule has 1 amide bonds. The number of alkyl halides is 3. The lowest BCUT2D eigenvalue weighted by molar-refractivity contribution is -0.137. The number of esters is 1. The highest BCUT2D eigenvalue weighted by molar-refractivity contribution is 6.14. The Morgan fingerprint density at radius 2 is 1.42 bits per heavy atom. The van der Waals surface area contributed by atoms with Crippen molar-refractivity contribution in [2.24, 2.45) is 0 Å². The Kier molecular flexibility index (Phi) is 6.96. The summed E-state index contributed by atoms with van der Waals surface area (Å²) < 4.78 is 44.6. The molecule has 0 saturated carbocycles. The molecule has 0 fully saturated rings. The molecule has 0 radical (unpaired) electrons. The fourth-order valence-corrected chi connectivity index (χ4v) is 3.07. The number of carbonyl (C=O) groups excluding carboxylic acids is 3. The van der Waals surface area contributed by atoms with Gasteiger partial charge in [0.1, 0.15) is 0 Å². The maximum Gasteiger partial charge on any atom is 0.418 e. The van der Waals surface area contributed by atoms with Crippen molar-refractivity contribution in [2.45, 2.75) is 26.1 Å². The fourth-order valence-electron chi connectivity index (χ4n) is 3.07. The van der Waals surface area contributed by atoms with Gasteiger partial charge in [-0.25, -0.2) is 4.79 Å². The van der Waals surface area contributed by atoms with E-state index in [1.807, 2.05) is 6.92 Å². The van der Waals surface area contributed by atoms with Gasteiger partial charge < -0.3 is 10.1 Å². The minimum atomic E-state index is -4.67. The summed E-state index contributed by atoms with van der Waals surface area (Å²) in [5.74, 6) is -2.29. The van der Waals surface area contributed by atoms with Gasteiger partial charge in [-0.1, -0.05) is 60.2 Å². The van der Waals surface area contributed by atoms with E-state index in [1.165, 1.54) is 37.3 Å². The van der Waals surface area contributed by atoms with Crippen LogP contribution in [-0.4, -0.2) is 23.8 Å². The molecule has 0 spiro atoms. The van der Waals surface area contributed by atoms with Gasteiger partial charge in [-0.3, -0.25) is 9.59 Å². The van der Waals surface area contributed by atoms with E-state index in [0.717, 1.165) is 17.7 Å². The zero-order valence-corrected chi connectivity index (χ0v) is 17.8. The second-order valence-corrected chi connectivity index (χ2v) is 7.32. The summed E-state index contributed by atoms with van der Waals surface area (Å²) in [4.78, 5) is 38.0. The number of nitrogens with one attached hydrogen (secondary N) is 1.